The molecule has 0 fully saturated rings. The summed E-state index contributed by atoms with van der Waals surface area (Å²) in [5.41, 5.74) is 19.5. The number of rotatable bonds is 31. The van der Waals surface area contributed by atoms with Gasteiger partial charge in [-0.15, -0.1) is 6.42 Å². The summed E-state index contributed by atoms with van der Waals surface area (Å²) in [7, 11) is 26.5. The predicted octanol–water partition coefficient (Wildman–Crippen LogP) is 13.5. The molecule has 0 atom stereocenters. The number of ether oxygens (including phenoxy) is 12. The van der Waals surface area contributed by atoms with Crippen molar-refractivity contribution in [3.05, 3.63) is 313 Å². The van der Waals surface area contributed by atoms with E-state index in [1.54, 1.807) is 185 Å². The highest BCUT2D eigenvalue weighted by Crippen LogP contribution is 2.34. The van der Waals surface area contributed by atoms with Gasteiger partial charge in [0.05, 0.1) is 90.3 Å². The Morgan fingerprint density at radius 3 is 1.12 bits per heavy atom. The molecule has 0 aliphatic heterocycles. The lowest BCUT2D eigenvalue weighted by atomic mass is 10.1. The number of hydrogen-bond donors (Lipinski definition) is 3. The maximum absolute atomic E-state index is 11.6. The summed E-state index contributed by atoms with van der Waals surface area (Å²) in [6.45, 7) is 13.2. The van der Waals surface area contributed by atoms with Gasteiger partial charge in [-0.1, -0.05) is 77.7 Å². The Kier molecular flexibility index (Phi) is 47.1. The number of aliphatic imine (C=N–C) groups is 1. The lowest BCUT2D eigenvalue weighted by Gasteiger charge is -2.19. The number of pyridine rings is 3. The van der Waals surface area contributed by atoms with Crippen LogP contribution in [0.15, 0.2) is 194 Å². The van der Waals surface area contributed by atoms with Crippen molar-refractivity contribution in [2.75, 3.05) is 119 Å². The SMILES string of the molecule is C#Cc1ccc(C)cn1.COC(OC)N(C)C.COc1ccc(CC(=O)N=CN(C)C)cc1OC.COc1ccc(CC(N)=O)cc1OC.COc1ccc(Cc2ncnn2-c2cc(C#Cc3ccc(C)cn3)nc(C)n2)cc1OC.COc1ccc(Cc2ncnn2-c2cc(CCc3ccc(C)cn3)nc(C)n2)cc1OC.COc1ccc(Cc2ncnn2-c2cc(Cl)nc(C)n2)cc1OC.Cc1nc(Cl)cc(NN)n1. The Hall–Kier alpha value is -16.8. The second-order valence-electron chi connectivity index (χ2n) is 31.9. The van der Waals surface area contributed by atoms with Crippen molar-refractivity contribution in [2.24, 2.45) is 16.6 Å². The fourth-order valence-corrected chi connectivity index (χ4v) is 13.7. The van der Waals surface area contributed by atoms with E-state index in [9.17, 15) is 9.59 Å². The summed E-state index contributed by atoms with van der Waals surface area (Å²) >= 11 is 11.6. The summed E-state index contributed by atoms with van der Waals surface area (Å²) in [6.07, 6.45) is 20.0. The van der Waals surface area contributed by atoms with Gasteiger partial charge < -0.3 is 72.9 Å². The minimum Gasteiger partial charge on any atom is -0.493 e. The highest BCUT2D eigenvalue weighted by atomic mass is 35.5. The first-order chi connectivity index (χ1) is 70.7. The lowest BCUT2D eigenvalue weighted by Crippen LogP contribution is -2.30. The third-order valence-corrected chi connectivity index (χ3v) is 20.6. The van der Waals surface area contributed by atoms with E-state index in [-0.39, 0.29) is 31.1 Å². The fraction of sp³-hybridized carbons (Fsp3) is 0.295. The first-order valence-electron chi connectivity index (χ1n) is 45.1. The predicted molar refractivity (Wildman–Crippen MR) is 559 cm³/mol. The molecule has 42 heteroatoms. The molecule has 0 saturated heterocycles. The van der Waals surface area contributed by atoms with E-state index in [4.69, 9.17) is 98.0 Å². The van der Waals surface area contributed by atoms with Gasteiger partial charge in [-0.3, -0.25) is 19.5 Å². The van der Waals surface area contributed by atoms with Gasteiger partial charge in [0, 0.05) is 102 Å². The molecular weight excluding hydrogens is 1920 g/mol. The molecule has 5 aromatic carbocycles. The minimum absolute atomic E-state index is 0.198. The van der Waals surface area contributed by atoms with Crippen LogP contribution in [0.3, 0.4) is 0 Å². The average Bonchev–Trinajstić information content (AvgIpc) is 1.71. The Morgan fingerprint density at radius 2 is 0.762 bits per heavy atom. The Bertz CT molecular complexity index is 6830. The second kappa shape index (κ2) is 60.0. The first-order valence-corrected chi connectivity index (χ1v) is 45.9. The van der Waals surface area contributed by atoms with Gasteiger partial charge in [-0.05, 0) is 211 Å². The molecule has 0 aliphatic carbocycles. The summed E-state index contributed by atoms with van der Waals surface area (Å²) in [5, 5.41) is 13.8. The number of carbonyl (C=O) groups excluding carboxylic acids is 2. The number of terminal acetylenes is 1. The number of amides is 2. The van der Waals surface area contributed by atoms with Crippen LogP contribution < -0.4 is 64.4 Å². The summed E-state index contributed by atoms with van der Waals surface area (Å²) in [6, 6.07) is 46.7. The van der Waals surface area contributed by atoms with Crippen LogP contribution in [0.4, 0.5) is 5.82 Å². The normalized spacial score (nSPS) is 10.3. The largest absolute Gasteiger partial charge is 0.493 e. The first kappa shape index (κ1) is 115. The number of halogens is 2. The van der Waals surface area contributed by atoms with Crippen LogP contribution >= 0.6 is 23.2 Å². The lowest BCUT2D eigenvalue weighted by molar-refractivity contribution is -0.179. The number of methoxy groups -OCH3 is 12. The van der Waals surface area contributed by atoms with Gasteiger partial charge in [0.1, 0.15) is 93.0 Å². The van der Waals surface area contributed by atoms with E-state index >= 15 is 0 Å². The molecular formula is C105H122Cl2N26O14. The van der Waals surface area contributed by atoms with Gasteiger partial charge in [-0.2, -0.15) is 29.3 Å². The van der Waals surface area contributed by atoms with Crippen molar-refractivity contribution in [2.45, 2.75) is 99.8 Å². The smallest absolute Gasteiger partial charge is 0.251 e. The number of primary amides is 1. The van der Waals surface area contributed by atoms with E-state index in [2.05, 4.69) is 125 Å². The van der Waals surface area contributed by atoms with Gasteiger partial charge >= 0.3 is 0 Å². The number of hydrogen-bond acceptors (Lipinski definition) is 34. The fourth-order valence-electron chi connectivity index (χ4n) is 13.3. The standard InChI is InChI=1S/C24H26N6O2.C24H22N6O2.C16H16ClN5O2.C13H18N2O3.C10H13NO3.C8H7N.C5H7ClN4.C5H13NO2/c2*1-16-5-7-19(25-14-16)8-9-20-13-24(29-17(2)28-20)30-23(26-15-27-30)12-18-6-10-21(31-3)22(11-18)32-4;1-10-20-14(17)8-16(21-10)22-15(18-9-19-22)7-11-4-5-12(23-2)13(6-11)24-3;1-15(2)9-14-13(16)8-10-5-6-11(17-3)12(7-10)18-4;1-13-8-4-3-7(6-10(11)12)5-9(8)14-2;1-3-8-5-4-7(2)6-9-8;1-3-8-4(6)2-5(9-3)10-7;1-6(2)5(7-3)8-4/h5-7,10-11,13-15H,8-9,12H2,1-4H3;5-7,10-11,13-15H,12H2,1-4H3;4-6,8-9H,7H2,1-3H3;5-7,9H,8H2,1-4H3;3-5H,6H2,1-2H3,(H2,11,12);1,4-6H,2H3;2H,7H2,1H3,(H,8,9,10);5H,1-4H3. The highest BCUT2D eigenvalue weighted by Gasteiger charge is 2.20. The van der Waals surface area contributed by atoms with Crippen LogP contribution in [-0.2, 0) is 64.0 Å². The van der Waals surface area contributed by atoms with E-state index < -0.39 is 0 Å². The zero-order chi connectivity index (χ0) is 107. The van der Waals surface area contributed by atoms with Crippen molar-refractivity contribution >= 4 is 47.2 Å². The monoisotopic (exact) mass is 2040 g/mol. The summed E-state index contributed by atoms with van der Waals surface area (Å²) < 4.78 is 67.3. The molecule has 5 N–H and O–H groups in total. The van der Waals surface area contributed by atoms with E-state index in [0.29, 0.717) is 151 Å². The van der Waals surface area contributed by atoms with Crippen LogP contribution in [0.25, 0.3) is 17.5 Å². The molecule has 10 aromatic heterocycles. The molecule has 0 saturated carbocycles. The number of nitrogens with one attached hydrogen (secondary N) is 1. The number of nitrogens with two attached hydrogens (primary N) is 2. The number of carbonyl (C=O) groups is 2. The van der Waals surface area contributed by atoms with Gasteiger partial charge in [0.15, 0.2) is 74.9 Å². The second-order valence-corrected chi connectivity index (χ2v) is 32.6. The summed E-state index contributed by atoms with van der Waals surface area (Å²) in [4.78, 5) is 89.9. The van der Waals surface area contributed by atoms with Gasteiger partial charge in [0.2, 0.25) is 12.3 Å². The van der Waals surface area contributed by atoms with Crippen molar-refractivity contribution in [1.29, 1.82) is 0 Å². The number of benzene rings is 5. The van der Waals surface area contributed by atoms with Crippen molar-refractivity contribution < 1.29 is 66.4 Å². The quantitative estimate of drug-likeness (QED) is 0.00691. The maximum atomic E-state index is 11.6. The highest BCUT2D eigenvalue weighted by molar-refractivity contribution is 6.29. The molecule has 15 rings (SSSR count). The van der Waals surface area contributed by atoms with E-state index in [1.165, 1.54) is 19.0 Å². The Labute approximate surface area is 865 Å². The average molecular weight is 2040 g/mol. The Balaban J connectivity index is 0.000000214. The zero-order valence-corrected chi connectivity index (χ0v) is 88.0. The molecule has 2 amide bonds. The minimum atomic E-state index is -0.364. The molecule has 10 heterocycles. The number of nitrogens with zero attached hydrogens (tertiary/aromatic N) is 23. The Morgan fingerprint density at radius 1 is 0.401 bits per heavy atom. The summed E-state index contributed by atoms with van der Waals surface area (Å²) in [5.74, 6) is 26.8. The third-order valence-electron chi connectivity index (χ3n) is 20.2. The molecule has 0 bridgehead atoms. The molecule has 0 unspecified atom stereocenters. The van der Waals surface area contributed by atoms with E-state index in [1.807, 2.05) is 165 Å². The number of hydrazine groups is 1. The van der Waals surface area contributed by atoms with Crippen LogP contribution in [-0.4, -0.2) is 247 Å². The van der Waals surface area contributed by atoms with Crippen molar-refractivity contribution in [3.63, 3.8) is 0 Å². The molecule has 40 nitrogen and oxygen atoms in total. The zero-order valence-electron chi connectivity index (χ0n) is 86.5. The molecule has 147 heavy (non-hydrogen) atoms. The molecule has 15 aromatic rings. The third kappa shape index (κ3) is 37.8. The van der Waals surface area contributed by atoms with Crippen LogP contribution in [0.5, 0.6) is 57.5 Å². The van der Waals surface area contributed by atoms with Crippen molar-refractivity contribution in [3.8, 4) is 99.1 Å². The van der Waals surface area contributed by atoms with Gasteiger partial charge in [0.25, 0.3) is 5.91 Å². The van der Waals surface area contributed by atoms with E-state index in [0.717, 1.165) is 86.2 Å². The molecule has 770 valence electrons. The number of nitrogen functional groups attached to an aromatic ring is 1. The molecule has 0 spiro atoms. The topological polar surface area (TPSA) is 462 Å². The molecule has 0 radical (unpaired) electrons. The van der Waals surface area contributed by atoms with Crippen LogP contribution in [0, 0.1) is 72.7 Å². The number of aromatic nitrogens is 20. The maximum Gasteiger partial charge on any atom is 0.251 e. The molecule has 0 aliphatic rings. The van der Waals surface area contributed by atoms with Crippen LogP contribution in [0.2, 0.25) is 10.3 Å². The number of anilines is 1. The van der Waals surface area contributed by atoms with Gasteiger partial charge in [-0.25, -0.2) is 75.6 Å². The van der Waals surface area contributed by atoms with Crippen molar-refractivity contribution in [1.82, 2.24) is 109 Å². The van der Waals surface area contributed by atoms with Crippen LogP contribution in [0.1, 0.15) is 114 Å². The number of aryl methyl sites for hydroxylation is 9.